The Morgan fingerprint density at radius 3 is 3.00 bits per heavy atom. The molecule has 2 heterocycles. The second-order valence-corrected chi connectivity index (χ2v) is 6.32. The van der Waals surface area contributed by atoms with Crippen LogP contribution in [-0.2, 0) is 9.84 Å². The summed E-state index contributed by atoms with van der Waals surface area (Å²) in [6.07, 6.45) is 2.58. The summed E-state index contributed by atoms with van der Waals surface area (Å²) >= 11 is 0. The van der Waals surface area contributed by atoms with E-state index >= 15 is 0 Å². The average Bonchev–Trinajstić information content (AvgIpc) is 2.23. The Bertz CT molecular complexity index is 566. The van der Waals surface area contributed by atoms with Gasteiger partial charge in [-0.1, -0.05) is 0 Å². The van der Waals surface area contributed by atoms with Gasteiger partial charge in [0.15, 0.2) is 15.7 Å². The van der Waals surface area contributed by atoms with E-state index in [-0.39, 0.29) is 29.1 Å². The van der Waals surface area contributed by atoms with Crippen molar-refractivity contribution in [3.05, 3.63) is 16.7 Å². The zero-order valence-electron chi connectivity index (χ0n) is 9.14. The van der Waals surface area contributed by atoms with Gasteiger partial charge in [0.1, 0.15) is 5.69 Å². The van der Waals surface area contributed by atoms with Crippen LogP contribution in [0.3, 0.4) is 0 Å². The predicted octanol–water partition coefficient (Wildman–Crippen LogP) is -0.659. The van der Waals surface area contributed by atoms with Crippen LogP contribution in [0.2, 0.25) is 0 Å². The van der Waals surface area contributed by atoms with Gasteiger partial charge in [-0.05, 0) is 12.8 Å². The molecule has 7 nitrogen and oxygen atoms in total. The second kappa shape index (κ2) is 4.36. The van der Waals surface area contributed by atoms with E-state index in [0.717, 1.165) is 6.42 Å². The summed E-state index contributed by atoms with van der Waals surface area (Å²) in [5.41, 5.74) is 5.10. The van der Waals surface area contributed by atoms with Crippen molar-refractivity contribution >= 4 is 21.3 Å². The van der Waals surface area contributed by atoms with Gasteiger partial charge in [0.05, 0.1) is 17.8 Å². The van der Waals surface area contributed by atoms with Crippen LogP contribution >= 0.6 is 0 Å². The van der Waals surface area contributed by atoms with Gasteiger partial charge in [0, 0.05) is 6.04 Å². The van der Waals surface area contributed by atoms with Crippen molar-refractivity contribution in [2.24, 2.45) is 0 Å². The summed E-state index contributed by atoms with van der Waals surface area (Å²) in [6.45, 7) is 0. The third-order valence-corrected chi connectivity index (χ3v) is 4.51. The van der Waals surface area contributed by atoms with Gasteiger partial charge in [0.2, 0.25) is 0 Å². The van der Waals surface area contributed by atoms with Crippen LogP contribution in [0.4, 0.5) is 11.5 Å². The highest BCUT2D eigenvalue weighted by atomic mass is 32.2. The number of H-pyrrole nitrogens is 1. The first kappa shape index (κ1) is 11.9. The fourth-order valence-electron chi connectivity index (χ4n) is 1.86. The molecular weight excluding hydrogens is 244 g/mol. The minimum Gasteiger partial charge on any atom is -0.391 e. The number of rotatable bonds is 2. The molecule has 0 amide bonds. The fourth-order valence-corrected chi connectivity index (χ4v) is 3.49. The van der Waals surface area contributed by atoms with Gasteiger partial charge in [-0.25, -0.2) is 13.4 Å². The number of nitrogen functional groups attached to an aromatic ring is 1. The molecule has 1 unspecified atom stereocenters. The molecular formula is C9H14N4O3S. The Hall–Kier alpha value is -1.57. The van der Waals surface area contributed by atoms with Crippen molar-refractivity contribution in [2.75, 3.05) is 22.6 Å². The highest BCUT2D eigenvalue weighted by Crippen LogP contribution is 2.17. The number of hydrogen-bond acceptors (Lipinski definition) is 6. The molecule has 0 radical (unpaired) electrons. The molecule has 0 aromatic carbocycles. The molecule has 4 N–H and O–H groups in total. The lowest BCUT2D eigenvalue weighted by molar-refractivity contribution is 0.561. The summed E-state index contributed by atoms with van der Waals surface area (Å²) in [5, 5.41) is 2.91. The number of aromatic amines is 1. The Kier molecular flexibility index (Phi) is 3.05. The largest absolute Gasteiger partial charge is 0.391 e. The molecule has 0 spiro atoms. The van der Waals surface area contributed by atoms with E-state index in [2.05, 4.69) is 15.3 Å². The van der Waals surface area contributed by atoms with Crippen molar-refractivity contribution in [2.45, 2.75) is 18.9 Å². The number of nitrogens with one attached hydrogen (secondary N) is 2. The molecule has 17 heavy (non-hydrogen) atoms. The van der Waals surface area contributed by atoms with Gasteiger partial charge in [-0.3, -0.25) is 4.79 Å². The summed E-state index contributed by atoms with van der Waals surface area (Å²) < 4.78 is 22.9. The molecule has 94 valence electrons. The molecule has 0 bridgehead atoms. The van der Waals surface area contributed by atoms with Crippen LogP contribution in [0.1, 0.15) is 12.8 Å². The number of aromatic nitrogens is 2. The van der Waals surface area contributed by atoms with Crippen LogP contribution in [0.5, 0.6) is 0 Å². The maximum Gasteiger partial charge on any atom is 0.276 e. The summed E-state index contributed by atoms with van der Waals surface area (Å²) in [4.78, 5) is 17.5. The predicted molar refractivity (Wildman–Crippen MR) is 64.6 cm³/mol. The number of hydrogen-bond donors (Lipinski definition) is 3. The molecule has 1 aromatic heterocycles. The quantitative estimate of drug-likeness (QED) is 0.648. The number of nitrogens with zero attached hydrogens (tertiary/aromatic N) is 1. The normalized spacial score (nSPS) is 23.2. The third-order valence-electron chi connectivity index (χ3n) is 2.69. The molecule has 8 heteroatoms. The van der Waals surface area contributed by atoms with Gasteiger partial charge in [0.25, 0.3) is 5.56 Å². The maximum absolute atomic E-state index is 11.4. The molecule has 0 saturated carbocycles. The fraction of sp³-hybridized carbons (Fsp3) is 0.556. The summed E-state index contributed by atoms with van der Waals surface area (Å²) in [7, 11) is -2.99. The Morgan fingerprint density at radius 2 is 2.29 bits per heavy atom. The van der Waals surface area contributed by atoms with Crippen molar-refractivity contribution in [1.29, 1.82) is 0 Å². The number of sulfone groups is 1. The second-order valence-electron chi connectivity index (χ2n) is 4.09. The maximum atomic E-state index is 11.4. The number of anilines is 2. The molecule has 1 atom stereocenters. The van der Waals surface area contributed by atoms with Crippen LogP contribution in [0.25, 0.3) is 0 Å². The highest BCUT2D eigenvalue weighted by Gasteiger charge is 2.25. The first-order chi connectivity index (χ1) is 7.98. The molecule has 1 fully saturated rings. The lowest BCUT2D eigenvalue weighted by atomic mass is 10.2. The minimum atomic E-state index is -2.99. The molecule has 1 aromatic rings. The van der Waals surface area contributed by atoms with E-state index in [1.165, 1.54) is 6.33 Å². The minimum absolute atomic E-state index is 0.0181. The van der Waals surface area contributed by atoms with E-state index in [9.17, 15) is 13.2 Å². The Balaban J connectivity index is 2.16. The summed E-state index contributed by atoms with van der Waals surface area (Å²) in [5.74, 6) is 0.528. The molecule has 1 saturated heterocycles. The molecule has 2 rings (SSSR count). The molecule has 1 aliphatic heterocycles. The van der Waals surface area contributed by atoms with Crippen molar-refractivity contribution in [3.63, 3.8) is 0 Å². The Morgan fingerprint density at radius 1 is 1.53 bits per heavy atom. The van der Waals surface area contributed by atoms with E-state index in [0.29, 0.717) is 6.42 Å². The monoisotopic (exact) mass is 258 g/mol. The standard InChI is InChI=1S/C9H14N4O3S/c10-7-8(11-5-12-9(7)14)13-6-2-1-3-17(15,16)4-6/h5-6H,1-4,10H2,(H2,11,12,13,14). The third kappa shape index (κ3) is 2.76. The van der Waals surface area contributed by atoms with Crippen LogP contribution in [-0.4, -0.2) is 35.9 Å². The molecule has 1 aliphatic rings. The van der Waals surface area contributed by atoms with E-state index in [1.54, 1.807) is 0 Å². The SMILES string of the molecule is Nc1c(NC2CCCS(=O)(=O)C2)nc[nH]c1=O. The van der Waals surface area contributed by atoms with Gasteiger partial charge < -0.3 is 16.0 Å². The number of nitrogens with two attached hydrogens (primary N) is 1. The smallest absolute Gasteiger partial charge is 0.276 e. The van der Waals surface area contributed by atoms with Crippen LogP contribution in [0.15, 0.2) is 11.1 Å². The topological polar surface area (TPSA) is 118 Å². The average molecular weight is 258 g/mol. The lowest BCUT2D eigenvalue weighted by Crippen LogP contribution is -2.35. The van der Waals surface area contributed by atoms with Crippen molar-refractivity contribution in [3.8, 4) is 0 Å². The van der Waals surface area contributed by atoms with Crippen molar-refractivity contribution in [1.82, 2.24) is 9.97 Å². The highest BCUT2D eigenvalue weighted by molar-refractivity contribution is 7.91. The van der Waals surface area contributed by atoms with Crippen molar-refractivity contribution < 1.29 is 8.42 Å². The van der Waals surface area contributed by atoms with Gasteiger partial charge >= 0.3 is 0 Å². The van der Waals surface area contributed by atoms with Gasteiger partial charge in [-0.15, -0.1) is 0 Å². The lowest BCUT2D eigenvalue weighted by Gasteiger charge is -2.23. The van der Waals surface area contributed by atoms with Crippen LogP contribution < -0.4 is 16.6 Å². The molecule has 0 aliphatic carbocycles. The van der Waals surface area contributed by atoms with Crippen LogP contribution in [0, 0.1) is 0 Å². The van der Waals surface area contributed by atoms with Gasteiger partial charge in [-0.2, -0.15) is 0 Å². The summed E-state index contributed by atoms with van der Waals surface area (Å²) in [6, 6.07) is -0.231. The van der Waals surface area contributed by atoms with E-state index < -0.39 is 15.4 Å². The zero-order chi connectivity index (χ0) is 12.5. The Labute approximate surface area is 98.4 Å². The first-order valence-electron chi connectivity index (χ1n) is 5.28. The zero-order valence-corrected chi connectivity index (χ0v) is 9.96. The van der Waals surface area contributed by atoms with E-state index in [4.69, 9.17) is 5.73 Å². The first-order valence-corrected chi connectivity index (χ1v) is 7.10. The van der Waals surface area contributed by atoms with E-state index in [1.807, 2.05) is 0 Å².